The summed E-state index contributed by atoms with van der Waals surface area (Å²) in [5.41, 5.74) is 2.19. The van der Waals surface area contributed by atoms with Crippen molar-refractivity contribution in [2.75, 3.05) is 0 Å². The zero-order valence-electron chi connectivity index (χ0n) is 8.63. The van der Waals surface area contributed by atoms with Crippen molar-refractivity contribution in [2.45, 2.75) is 39.5 Å². The van der Waals surface area contributed by atoms with E-state index < -0.39 is 0 Å². The fourth-order valence-electron chi connectivity index (χ4n) is 1.21. The highest BCUT2D eigenvalue weighted by molar-refractivity contribution is 6.30. The summed E-state index contributed by atoms with van der Waals surface area (Å²) in [7, 11) is 0. The maximum atomic E-state index is 6.06. The van der Waals surface area contributed by atoms with E-state index in [0.29, 0.717) is 17.0 Å². The van der Waals surface area contributed by atoms with Gasteiger partial charge in [-0.2, -0.15) is 0 Å². The van der Waals surface area contributed by atoms with Gasteiger partial charge in [0.1, 0.15) is 5.15 Å². The molecule has 0 aromatic carbocycles. The van der Waals surface area contributed by atoms with Gasteiger partial charge in [-0.25, -0.2) is 4.98 Å². The Morgan fingerprint density at radius 3 is 2.08 bits per heavy atom. The molecule has 1 aromatic heterocycles. The number of pyridine rings is 1. The van der Waals surface area contributed by atoms with Gasteiger partial charge in [-0.3, -0.25) is 0 Å². The van der Waals surface area contributed by atoms with Gasteiger partial charge in [-0.1, -0.05) is 45.4 Å². The van der Waals surface area contributed by atoms with E-state index in [0.717, 1.165) is 11.3 Å². The lowest BCUT2D eigenvalue weighted by Gasteiger charge is -2.10. The van der Waals surface area contributed by atoms with Crippen molar-refractivity contribution < 1.29 is 0 Å². The largest absolute Gasteiger partial charge is 0.241 e. The summed E-state index contributed by atoms with van der Waals surface area (Å²) in [6.07, 6.45) is 0. The maximum absolute atomic E-state index is 6.06. The van der Waals surface area contributed by atoms with Crippen molar-refractivity contribution >= 4 is 11.6 Å². The SMILES string of the molecule is CC(C)c1ccc(C(C)C)c(Cl)n1. The lowest BCUT2D eigenvalue weighted by molar-refractivity contribution is 0.803. The number of nitrogens with zero attached hydrogens (tertiary/aromatic N) is 1. The molecule has 0 saturated carbocycles. The third-order valence-electron chi connectivity index (χ3n) is 2.11. The first-order valence-corrected chi connectivity index (χ1v) is 5.06. The Balaban J connectivity index is 3.06. The zero-order chi connectivity index (χ0) is 10.0. The minimum atomic E-state index is 0.443. The molecule has 0 aliphatic rings. The average molecular weight is 198 g/mol. The van der Waals surface area contributed by atoms with Crippen LogP contribution in [0.15, 0.2) is 12.1 Å². The predicted octanol–water partition coefficient (Wildman–Crippen LogP) is 3.98. The molecule has 0 radical (unpaired) electrons. The number of hydrogen-bond acceptors (Lipinski definition) is 1. The number of aromatic nitrogens is 1. The second-order valence-electron chi connectivity index (χ2n) is 3.93. The topological polar surface area (TPSA) is 12.9 Å². The van der Waals surface area contributed by atoms with E-state index in [-0.39, 0.29) is 0 Å². The van der Waals surface area contributed by atoms with Crippen LogP contribution in [0.3, 0.4) is 0 Å². The van der Waals surface area contributed by atoms with Crippen molar-refractivity contribution in [3.8, 4) is 0 Å². The average Bonchev–Trinajstić information content (AvgIpc) is 2.03. The van der Waals surface area contributed by atoms with Crippen LogP contribution in [-0.2, 0) is 0 Å². The van der Waals surface area contributed by atoms with Gasteiger partial charge < -0.3 is 0 Å². The Morgan fingerprint density at radius 2 is 1.69 bits per heavy atom. The van der Waals surface area contributed by atoms with E-state index in [2.05, 4.69) is 44.8 Å². The third kappa shape index (κ3) is 2.44. The number of hydrogen-bond donors (Lipinski definition) is 0. The second kappa shape index (κ2) is 4.10. The van der Waals surface area contributed by atoms with Crippen LogP contribution in [0.4, 0.5) is 0 Å². The summed E-state index contributed by atoms with van der Waals surface area (Å²) < 4.78 is 0. The van der Waals surface area contributed by atoms with Gasteiger partial charge in [-0.15, -0.1) is 0 Å². The molecule has 0 unspecified atom stereocenters. The molecule has 0 atom stereocenters. The van der Waals surface area contributed by atoms with E-state index in [1.165, 1.54) is 0 Å². The van der Waals surface area contributed by atoms with Gasteiger partial charge >= 0.3 is 0 Å². The first kappa shape index (κ1) is 10.5. The van der Waals surface area contributed by atoms with Crippen molar-refractivity contribution in [2.24, 2.45) is 0 Å². The molecule has 0 spiro atoms. The molecule has 0 amide bonds. The summed E-state index contributed by atoms with van der Waals surface area (Å²) in [5, 5.41) is 0.654. The summed E-state index contributed by atoms with van der Waals surface area (Å²) in [4.78, 5) is 4.36. The molecule has 2 heteroatoms. The van der Waals surface area contributed by atoms with Crippen LogP contribution in [-0.4, -0.2) is 4.98 Å². The molecule has 0 aliphatic heterocycles. The van der Waals surface area contributed by atoms with Crippen LogP contribution in [0, 0.1) is 0 Å². The van der Waals surface area contributed by atoms with Gasteiger partial charge in [0.25, 0.3) is 0 Å². The highest BCUT2D eigenvalue weighted by Gasteiger charge is 2.08. The molecule has 0 bridgehead atoms. The van der Waals surface area contributed by atoms with Crippen LogP contribution in [0.25, 0.3) is 0 Å². The standard InChI is InChI=1S/C11H16ClN/c1-7(2)9-5-6-10(8(3)4)13-11(9)12/h5-8H,1-4H3. The van der Waals surface area contributed by atoms with Crippen LogP contribution in [0.2, 0.25) is 5.15 Å². The fraction of sp³-hybridized carbons (Fsp3) is 0.545. The lowest BCUT2D eigenvalue weighted by Crippen LogP contribution is -1.97. The summed E-state index contributed by atoms with van der Waals surface area (Å²) >= 11 is 6.06. The molecule has 0 N–H and O–H groups in total. The molecule has 1 aromatic rings. The highest BCUT2D eigenvalue weighted by atomic mass is 35.5. The molecule has 1 heterocycles. The molecular formula is C11H16ClN. The van der Waals surface area contributed by atoms with E-state index in [1.807, 2.05) is 0 Å². The molecule has 72 valence electrons. The second-order valence-corrected chi connectivity index (χ2v) is 4.28. The Labute approximate surface area is 85.1 Å². The van der Waals surface area contributed by atoms with Gasteiger partial charge in [0.2, 0.25) is 0 Å². The van der Waals surface area contributed by atoms with E-state index in [4.69, 9.17) is 11.6 Å². The van der Waals surface area contributed by atoms with Crippen molar-refractivity contribution in [1.82, 2.24) is 4.98 Å². The minimum absolute atomic E-state index is 0.443. The van der Waals surface area contributed by atoms with Crippen molar-refractivity contribution in [3.05, 3.63) is 28.5 Å². The first-order chi connectivity index (χ1) is 6.02. The number of rotatable bonds is 2. The molecule has 0 saturated heterocycles. The zero-order valence-corrected chi connectivity index (χ0v) is 9.39. The van der Waals surface area contributed by atoms with E-state index in [1.54, 1.807) is 0 Å². The quantitative estimate of drug-likeness (QED) is 0.654. The van der Waals surface area contributed by atoms with Crippen molar-refractivity contribution in [3.63, 3.8) is 0 Å². The highest BCUT2D eigenvalue weighted by Crippen LogP contribution is 2.24. The Kier molecular flexibility index (Phi) is 3.32. The van der Waals surface area contributed by atoms with Crippen LogP contribution in [0.5, 0.6) is 0 Å². The Bertz CT molecular complexity index is 292. The molecule has 13 heavy (non-hydrogen) atoms. The van der Waals surface area contributed by atoms with Crippen molar-refractivity contribution in [1.29, 1.82) is 0 Å². The van der Waals surface area contributed by atoms with Gasteiger partial charge in [0.05, 0.1) is 0 Å². The van der Waals surface area contributed by atoms with Gasteiger partial charge in [0, 0.05) is 5.69 Å². The lowest BCUT2D eigenvalue weighted by atomic mass is 10.0. The van der Waals surface area contributed by atoms with Crippen LogP contribution in [0.1, 0.15) is 50.8 Å². The van der Waals surface area contributed by atoms with E-state index in [9.17, 15) is 0 Å². The maximum Gasteiger partial charge on any atom is 0.132 e. The first-order valence-electron chi connectivity index (χ1n) is 4.68. The number of halogens is 1. The monoisotopic (exact) mass is 197 g/mol. The van der Waals surface area contributed by atoms with Crippen LogP contribution >= 0.6 is 11.6 Å². The smallest absolute Gasteiger partial charge is 0.132 e. The van der Waals surface area contributed by atoms with Gasteiger partial charge in [-0.05, 0) is 23.5 Å². The van der Waals surface area contributed by atoms with Gasteiger partial charge in [0.15, 0.2) is 0 Å². The predicted molar refractivity (Wildman–Crippen MR) is 57.4 cm³/mol. The van der Waals surface area contributed by atoms with Crippen LogP contribution < -0.4 is 0 Å². The summed E-state index contributed by atoms with van der Waals surface area (Å²) in [6, 6.07) is 4.14. The summed E-state index contributed by atoms with van der Waals surface area (Å²) in [6.45, 7) is 8.48. The third-order valence-corrected chi connectivity index (χ3v) is 2.42. The molecule has 0 aliphatic carbocycles. The molecule has 1 rings (SSSR count). The minimum Gasteiger partial charge on any atom is -0.241 e. The van der Waals surface area contributed by atoms with E-state index >= 15 is 0 Å². The Morgan fingerprint density at radius 1 is 1.08 bits per heavy atom. The molecule has 0 fully saturated rings. The Hall–Kier alpha value is -0.560. The fourth-order valence-corrected chi connectivity index (χ4v) is 1.59. The molecular weight excluding hydrogens is 182 g/mol. The normalized spacial score (nSPS) is 11.3. The summed E-state index contributed by atoms with van der Waals surface area (Å²) in [5.74, 6) is 0.889. The molecule has 1 nitrogen and oxygen atoms in total.